The number of rotatable bonds is 3. The third kappa shape index (κ3) is 1.84. The molecule has 2 aliphatic rings. The summed E-state index contributed by atoms with van der Waals surface area (Å²) in [6, 6.07) is 0. The Morgan fingerprint density at radius 1 is 1.19 bits per heavy atom. The molecular weight excluding hydrogens is 198 g/mol. The van der Waals surface area contributed by atoms with Gasteiger partial charge in [0.15, 0.2) is 0 Å². The summed E-state index contributed by atoms with van der Waals surface area (Å²) in [6.07, 6.45) is 7.52. The minimum absolute atomic E-state index is 0.669. The zero-order valence-electron chi connectivity index (χ0n) is 9.92. The Labute approximate surface area is 96.7 Å². The minimum atomic E-state index is 0.669. The number of fused-ring (bicyclic) bond motifs is 1. The maximum absolute atomic E-state index is 4.78. The van der Waals surface area contributed by atoms with Gasteiger partial charge in [-0.3, -0.25) is 0 Å². The van der Waals surface area contributed by atoms with Crippen LogP contribution in [0.3, 0.4) is 0 Å². The van der Waals surface area contributed by atoms with Crippen LogP contribution in [0.4, 0.5) is 0 Å². The van der Waals surface area contributed by atoms with Crippen LogP contribution in [0, 0.1) is 0 Å². The molecule has 1 N–H and O–H groups in total. The van der Waals surface area contributed by atoms with Crippen molar-refractivity contribution in [3.8, 4) is 0 Å². The molecule has 1 heterocycles. The summed E-state index contributed by atoms with van der Waals surface area (Å²) in [4.78, 5) is 9.54. The van der Waals surface area contributed by atoms with Crippen LogP contribution in [0.1, 0.15) is 54.4 Å². The summed E-state index contributed by atoms with van der Waals surface area (Å²) in [5, 5.41) is 3.23. The van der Waals surface area contributed by atoms with Crippen molar-refractivity contribution in [2.24, 2.45) is 0 Å². The second-order valence-corrected chi connectivity index (χ2v) is 4.97. The van der Waals surface area contributed by atoms with Crippen LogP contribution in [-0.4, -0.2) is 17.0 Å². The van der Waals surface area contributed by atoms with E-state index in [9.17, 15) is 0 Å². The smallest absolute Gasteiger partial charge is 0.132 e. The van der Waals surface area contributed by atoms with Crippen molar-refractivity contribution in [3.63, 3.8) is 0 Å². The van der Waals surface area contributed by atoms with Crippen LogP contribution in [-0.2, 0) is 19.4 Å². The van der Waals surface area contributed by atoms with E-state index in [1.165, 1.54) is 49.1 Å². The number of hydrogen-bond donors (Lipinski definition) is 1. The van der Waals surface area contributed by atoms with Gasteiger partial charge in [-0.1, -0.05) is 0 Å². The van der Waals surface area contributed by atoms with Crippen molar-refractivity contribution in [2.45, 2.75) is 51.0 Å². The summed E-state index contributed by atoms with van der Waals surface area (Å²) in [5.41, 5.74) is 4.03. The highest BCUT2D eigenvalue weighted by Gasteiger charge is 2.28. The summed E-state index contributed by atoms with van der Waals surface area (Å²) in [5.74, 6) is 1.79. The van der Waals surface area contributed by atoms with Crippen LogP contribution in [0.2, 0.25) is 0 Å². The molecule has 1 aromatic rings. The lowest BCUT2D eigenvalue weighted by Crippen LogP contribution is -2.17. The van der Waals surface area contributed by atoms with Crippen molar-refractivity contribution in [1.82, 2.24) is 15.3 Å². The van der Waals surface area contributed by atoms with E-state index in [4.69, 9.17) is 9.97 Å². The molecule has 3 rings (SSSR count). The highest BCUT2D eigenvalue weighted by Crippen LogP contribution is 2.39. The Kier molecular flexibility index (Phi) is 2.64. The SMILES string of the molecule is CNCc1nc(C2CC2)nc2c1CCCC2. The number of aromatic nitrogens is 2. The van der Waals surface area contributed by atoms with Gasteiger partial charge in [0, 0.05) is 18.2 Å². The minimum Gasteiger partial charge on any atom is -0.314 e. The van der Waals surface area contributed by atoms with E-state index in [-0.39, 0.29) is 0 Å². The highest BCUT2D eigenvalue weighted by atomic mass is 14.9. The van der Waals surface area contributed by atoms with Gasteiger partial charge in [0.1, 0.15) is 5.82 Å². The molecule has 0 aromatic carbocycles. The molecule has 0 atom stereocenters. The van der Waals surface area contributed by atoms with Crippen LogP contribution in [0.5, 0.6) is 0 Å². The molecule has 0 saturated heterocycles. The number of hydrogen-bond acceptors (Lipinski definition) is 3. The molecule has 0 aliphatic heterocycles. The molecule has 0 amide bonds. The second-order valence-electron chi connectivity index (χ2n) is 4.97. The monoisotopic (exact) mass is 217 g/mol. The normalized spacial score (nSPS) is 19.6. The van der Waals surface area contributed by atoms with E-state index in [0.29, 0.717) is 5.92 Å². The molecule has 3 nitrogen and oxygen atoms in total. The van der Waals surface area contributed by atoms with Crippen LogP contribution >= 0.6 is 0 Å². The van der Waals surface area contributed by atoms with Crippen LogP contribution < -0.4 is 5.32 Å². The number of aryl methyl sites for hydroxylation is 1. The Bertz CT molecular complexity index is 396. The average Bonchev–Trinajstić information content (AvgIpc) is 3.13. The fourth-order valence-electron chi connectivity index (χ4n) is 2.53. The predicted octanol–water partition coefficient (Wildman–Crippen LogP) is 1.95. The van der Waals surface area contributed by atoms with Crippen molar-refractivity contribution in [1.29, 1.82) is 0 Å². The molecule has 1 saturated carbocycles. The molecule has 0 unspecified atom stereocenters. The van der Waals surface area contributed by atoms with E-state index < -0.39 is 0 Å². The third-order valence-electron chi connectivity index (χ3n) is 3.57. The summed E-state index contributed by atoms with van der Waals surface area (Å²) < 4.78 is 0. The van der Waals surface area contributed by atoms with E-state index in [0.717, 1.165) is 18.8 Å². The molecule has 3 heteroatoms. The quantitative estimate of drug-likeness (QED) is 0.841. The number of nitrogens with one attached hydrogen (secondary N) is 1. The topological polar surface area (TPSA) is 37.8 Å². The van der Waals surface area contributed by atoms with E-state index in [1.807, 2.05) is 7.05 Å². The van der Waals surface area contributed by atoms with Gasteiger partial charge in [0.2, 0.25) is 0 Å². The Morgan fingerprint density at radius 2 is 2.00 bits per heavy atom. The van der Waals surface area contributed by atoms with E-state index in [2.05, 4.69) is 5.32 Å². The van der Waals surface area contributed by atoms with Crippen LogP contribution in [0.25, 0.3) is 0 Å². The van der Waals surface area contributed by atoms with Gasteiger partial charge in [-0.15, -0.1) is 0 Å². The predicted molar refractivity (Wildman–Crippen MR) is 63.4 cm³/mol. The molecule has 0 radical (unpaired) electrons. The third-order valence-corrected chi connectivity index (χ3v) is 3.57. The summed E-state index contributed by atoms with van der Waals surface area (Å²) in [7, 11) is 1.99. The molecule has 1 fully saturated rings. The van der Waals surface area contributed by atoms with Gasteiger partial charge in [-0.05, 0) is 51.1 Å². The average molecular weight is 217 g/mol. The van der Waals surface area contributed by atoms with Crippen molar-refractivity contribution >= 4 is 0 Å². The zero-order chi connectivity index (χ0) is 11.0. The van der Waals surface area contributed by atoms with Crippen molar-refractivity contribution < 1.29 is 0 Å². The summed E-state index contributed by atoms with van der Waals surface area (Å²) in [6.45, 7) is 0.893. The maximum Gasteiger partial charge on any atom is 0.132 e. The van der Waals surface area contributed by atoms with E-state index >= 15 is 0 Å². The summed E-state index contributed by atoms with van der Waals surface area (Å²) >= 11 is 0. The first-order valence-corrected chi connectivity index (χ1v) is 6.41. The number of nitrogens with zero attached hydrogens (tertiary/aromatic N) is 2. The molecule has 1 aromatic heterocycles. The standard InChI is InChI=1S/C13H19N3/c1-14-8-12-10-4-2-3-5-11(10)15-13(16-12)9-6-7-9/h9,14H,2-8H2,1H3. The van der Waals surface area contributed by atoms with Gasteiger partial charge in [0.05, 0.1) is 5.69 Å². The van der Waals surface area contributed by atoms with Gasteiger partial charge in [-0.25, -0.2) is 9.97 Å². The van der Waals surface area contributed by atoms with Crippen LogP contribution in [0.15, 0.2) is 0 Å². The molecule has 16 heavy (non-hydrogen) atoms. The first kappa shape index (κ1) is 10.2. The fraction of sp³-hybridized carbons (Fsp3) is 0.692. The Balaban J connectivity index is 2.01. The lowest BCUT2D eigenvalue weighted by atomic mass is 9.94. The van der Waals surface area contributed by atoms with Gasteiger partial charge in [0.25, 0.3) is 0 Å². The Morgan fingerprint density at radius 3 is 2.75 bits per heavy atom. The molecule has 0 bridgehead atoms. The van der Waals surface area contributed by atoms with Gasteiger partial charge < -0.3 is 5.32 Å². The van der Waals surface area contributed by atoms with Gasteiger partial charge in [-0.2, -0.15) is 0 Å². The molecular formula is C13H19N3. The van der Waals surface area contributed by atoms with Gasteiger partial charge >= 0.3 is 0 Å². The lowest BCUT2D eigenvalue weighted by molar-refractivity contribution is 0.631. The first-order valence-electron chi connectivity index (χ1n) is 6.41. The second kappa shape index (κ2) is 4.13. The largest absolute Gasteiger partial charge is 0.314 e. The van der Waals surface area contributed by atoms with Crippen molar-refractivity contribution in [3.05, 3.63) is 22.8 Å². The lowest BCUT2D eigenvalue weighted by Gasteiger charge is -2.19. The molecule has 2 aliphatic carbocycles. The molecule has 86 valence electrons. The Hall–Kier alpha value is -0.960. The van der Waals surface area contributed by atoms with Crippen molar-refractivity contribution in [2.75, 3.05) is 7.05 Å². The zero-order valence-corrected chi connectivity index (χ0v) is 9.92. The first-order chi connectivity index (χ1) is 7.88. The molecule has 0 spiro atoms. The van der Waals surface area contributed by atoms with E-state index in [1.54, 1.807) is 0 Å². The highest BCUT2D eigenvalue weighted by molar-refractivity contribution is 5.29. The fourth-order valence-corrected chi connectivity index (χ4v) is 2.53. The maximum atomic E-state index is 4.78.